The van der Waals surface area contributed by atoms with Crippen molar-refractivity contribution in [2.75, 3.05) is 0 Å². The van der Waals surface area contributed by atoms with Gasteiger partial charge in [0.2, 0.25) is 11.8 Å². The van der Waals surface area contributed by atoms with Crippen molar-refractivity contribution < 1.29 is 19.5 Å². The quantitative estimate of drug-likeness (QED) is 0.680. The molecule has 0 bridgehead atoms. The van der Waals surface area contributed by atoms with Gasteiger partial charge in [-0.05, 0) is 17.9 Å². The van der Waals surface area contributed by atoms with E-state index in [-0.39, 0.29) is 18.2 Å². The van der Waals surface area contributed by atoms with Gasteiger partial charge in [0.25, 0.3) is 0 Å². The molecule has 0 aliphatic carbocycles. The van der Waals surface area contributed by atoms with E-state index in [1.54, 1.807) is 0 Å². The summed E-state index contributed by atoms with van der Waals surface area (Å²) in [7, 11) is 0. The van der Waals surface area contributed by atoms with Crippen molar-refractivity contribution in [3.05, 3.63) is 22.4 Å². The second kappa shape index (κ2) is 8.41. The number of carbonyl (C=O) groups excluding carboxylic acids is 2. The third-order valence-corrected chi connectivity index (χ3v) is 3.85. The number of carboxylic acid groups (broad SMARTS) is 1. The first-order valence-corrected chi connectivity index (χ1v) is 7.64. The summed E-state index contributed by atoms with van der Waals surface area (Å²) in [5.41, 5.74) is 0. The first kappa shape index (κ1) is 17.2. The van der Waals surface area contributed by atoms with E-state index in [0.717, 1.165) is 4.88 Å². The summed E-state index contributed by atoms with van der Waals surface area (Å²) >= 11 is 1.44. The Morgan fingerprint density at radius 3 is 2.52 bits per heavy atom. The van der Waals surface area contributed by atoms with Crippen LogP contribution in [0, 0.1) is 0 Å². The molecule has 0 spiro atoms. The first-order valence-electron chi connectivity index (χ1n) is 6.76. The minimum atomic E-state index is -1.04. The average molecular weight is 312 g/mol. The van der Waals surface area contributed by atoms with Crippen LogP contribution in [0.2, 0.25) is 0 Å². The summed E-state index contributed by atoms with van der Waals surface area (Å²) < 4.78 is 0. The Kier molecular flexibility index (Phi) is 6.87. The lowest BCUT2D eigenvalue weighted by Gasteiger charge is -2.18. The summed E-state index contributed by atoms with van der Waals surface area (Å²) in [4.78, 5) is 35.1. The smallest absolute Gasteiger partial charge is 0.326 e. The molecule has 1 rings (SSSR count). The SMILES string of the molecule is CCC[C@H](NC(=O)CC(NC(C)=O)c1cccs1)C(=O)O. The van der Waals surface area contributed by atoms with Gasteiger partial charge >= 0.3 is 5.97 Å². The van der Waals surface area contributed by atoms with Gasteiger partial charge in [0.1, 0.15) is 6.04 Å². The average Bonchev–Trinajstić information content (AvgIpc) is 2.90. The molecule has 0 radical (unpaired) electrons. The van der Waals surface area contributed by atoms with Gasteiger partial charge in [-0.3, -0.25) is 9.59 Å². The highest BCUT2D eigenvalue weighted by Crippen LogP contribution is 2.22. The van der Waals surface area contributed by atoms with Crippen LogP contribution in [0.1, 0.15) is 44.0 Å². The maximum Gasteiger partial charge on any atom is 0.326 e. The summed E-state index contributed by atoms with van der Waals surface area (Å²) in [5, 5.41) is 16.1. The molecule has 2 amide bonds. The van der Waals surface area contributed by atoms with Crippen molar-refractivity contribution in [2.45, 2.75) is 45.2 Å². The Morgan fingerprint density at radius 1 is 1.33 bits per heavy atom. The van der Waals surface area contributed by atoms with E-state index in [2.05, 4.69) is 10.6 Å². The standard InChI is InChI=1S/C14H20N2O4S/c1-3-5-10(14(19)20)16-13(18)8-11(15-9(2)17)12-6-4-7-21-12/h4,6-7,10-11H,3,5,8H2,1-2H3,(H,15,17)(H,16,18)(H,19,20)/t10-,11?/m0/s1. The molecule has 3 N–H and O–H groups in total. The molecule has 2 atom stereocenters. The Labute approximate surface area is 127 Å². The minimum absolute atomic E-state index is 0.0214. The zero-order valence-corrected chi connectivity index (χ0v) is 12.9. The van der Waals surface area contributed by atoms with E-state index in [1.807, 2.05) is 24.4 Å². The zero-order valence-electron chi connectivity index (χ0n) is 12.1. The maximum atomic E-state index is 12.0. The molecule has 1 unspecified atom stereocenters. The summed E-state index contributed by atoms with van der Waals surface area (Å²) in [6.07, 6.45) is 1.07. The first-order chi connectivity index (χ1) is 9.93. The maximum absolute atomic E-state index is 12.0. The van der Waals surface area contributed by atoms with E-state index in [9.17, 15) is 14.4 Å². The normalized spacial score (nSPS) is 13.2. The van der Waals surface area contributed by atoms with Gasteiger partial charge in [0, 0.05) is 11.8 Å². The van der Waals surface area contributed by atoms with Crippen LogP contribution in [0.5, 0.6) is 0 Å². The van der Waals surface area contributed by atoms with Crippen LogP contribution < -0.4 is 10.6 Å². The number of amides is 2. The molecule has 0 saturated heterocycles. The molecule has 7 heteroatoms. The molecule has 0 fully saturated rings. The number of carboxylic acids is 1. The number of hydrogen-bond donors (Lipinski definition) is 3. The van der Waals surface area contributed by atoms with E-state index in [0.29, 0.717) is 12.8 Å². The molecule has 116 valence electrons. The number of rotatable bonds is 8. The Morgan fingerprint density at radius 2 is 2.05 bits per heavy atom. The molecular formula is C14H20N2O4S. The predicted molar refractivity (Wildman–Crippen MR) is 80.0 cm³/mol. The predicted octanol–water partition coefficient (Wildman–Crippen LogP) is 1.68. The lowest BCUT2D eigenvalue weighted by Crippen LogP contribution is -2.42. The summed E-state index contributed by atoms with van der Waals surface area (Å²) in [6.45, 7) is 3.24. The second-order valence-corrected chi connectivity index (χ2v) is 5.70. The summed E-state index contributed by atoms with van der Waals surface area (Å²) in [6, 6.07) is 2.35. The molecule has 0 saturated carbocycles. The number of nitrogens with one attached hydrogen (secondary N) is 2. The lowest BCUT2D eigenvalue weighted by molar-refractivity contribution is -0.142. The number of aliphatic carboxylic acids is 1. The highest BCUT2D eigenvalue weighted by molar-refractivity contribution is 7.10. The fraction of sp³-hybridized carbons (Fsp3) is 0.500. The van der Waals surface area contributed by atoms with E-state index >= 15 is 0 Å². The number of hydrogen-bond acceptors (Lipinski definition) is 4. The van der Waals surface area contributed by atoms with Crippen LogP contribution in [0.15, 0.2) is 17.5 Å². The van der Waals surface area contributed by atoms with Gasteiger partial charge in [0.15, 0.2) is 0 Å². The molecule has 6 nitrogen and oxygen atoms in total. The highest BCUT2D eigenvalue weighted by atomic mass is 32.1. The van der Waals surface area contributed by atoms with Crippen molar-refractivity contribution in [2.24, 2.45) is 0 Å². The van der Waals surface area contributed by atoms with Crippen LogP contribution in [0.4, 0.5) is 0 Å². The van der Waals surface area contributed by atoms with E-state index in [1.165, 1.54) is 18.3 Å². The number of carbonyl (C=O) groups is 3. The Balaban J connectivity index is 2.67. The van der Waals surface area contributed by atoms with Crippen molar-refractivity contribution in [1.29, 1.82) is 0 Å². The number of thiophene rings is 1. The minimum Gasteiger partial charge on any atom is -0.480 e. The summed E-state index contributed by atoms with van der Waals surface area (Å²) in [5.74, 6) is -1.66. The third-order valence-electron chi connectivity index (χ3n) is 2.86. The van der Waals surface area contributed by atoms with Crippen molar-refractivity contribution in [3.8, 4) is 0 Å². The van der Waals surface area contributed by atoms with Crippen LogP contribution in [0.3, 0.4) is 0 Å². The van der Waals surface area contributed by atoms with Gasteiger partial charge in [0.05, 0.1) is 12.5 Å². The molecule has 1 aromatic heterocycles. The Bertz CT molecular complexity index is 487. The van der Waals surface area contributed by atoms with Gasteiger partial charge < -0.3 is 15.7 Å². The molecule has 21 heavy (non-hydrogen) atoms. The second-order valence-electron chi connectivity index (χ2n) is 4.72. The van der Waals surface area contributed by atoms with Gasteiger partial charge in [-0.25, -0.2) is 4.79 Å². The molecule has 0 aliphatic rings. The van der Waals surface area contributed by atoms with E-state index in [4.69, 9.17) is 5.11 Å². The fourth-order valence-corrected chi connectivity index (χ4v) is 2.72. The Hall–Kier alpha value is -1.89. The highest BCUT2D eigenvalue weighted by Gasteiger charge is 2.22. The van der Waals surface area contributed by atoms with Crippen molar-refractivity contribution >= 4 is 29.1 Å². The molecular weight excluding hydrogens is 292 g/mol. The van der Waals surface area contributed by atoms with Crippen molar-refractivity contribution in [1.82, 2.24) is 10.6 Å². The van der Waals surface area contributed by atoms with Crippen LogP contribution in [-0.4, -0.2) is 28.9 Å². The van der Waals surface area contributed by atoms with E-state index < -0.39 is 18.1 Å². The monoisotopic (exact) mass is 312 g/mol. The molecule has 1 heterocycles. The third kappa shape index (κ3) is 5.95. The van der Waals surface area contributed by atoms with Gasteiger partial charge in [-0.2, -0.15) is 0 Å². The van der Waals surface area contributed by atoms with Gasteiger partial charge in [-0.15, -0.1) is 11.3 Å². The lowest BCUT2D eigenvalue weighted by atomic mass is 10.1. The molecule has 1 aromatic rings. The van der Waals surface area contributed by atoms with Crippen molar-refractivity contribution in [3.63, 3.8) is 0 Å². The topological polar surface area (TPSA) is 95.5 Å². The van der Waals surface area contributed by atoms with Crippen LogP contribution in [-0.2, 0) is 14.4 Å². The van der Waals surface area contributed by atoms with Gasteiger partial charge in [-0.1, -0.05) is 19.4 Å². The van der Waals surface area contributed by atoms with Crippen LogP contribution >= 0.6 is 11.3 Å². The molecule has 0 aliphatic heterocycles. The van der Waals surface area contributed by atoms with Crippen LogP contribution in [0.25, 0.3) is 0 Å². The molecule has 0 aromatic carbocycles. The largest absolute Gasteiger partial charge is 0.480 e. The zero-order chi connectivity index (χ0) is 15.8. The fourth-order valence-electron chi connectivity index (χ4n) is 1.94.